The highest BCUT2D eigenvalue weighted by molar-refractivity contribution is 5.75. The van der Waals surface area contributed by atoms with Crippen molar-refractivity contribution < 1.29 is 24.7 Å². The summed E-state index contributed by atoms with van der Waals surface area (Å²) in [6.45, 7) is 2.77. The summed E-state index contributed by atoms with van der Waals surface area (Å²) in [5, 5.41) is 30.2. The number of H-pyrrole nitrogens is 1. The Morgan fingerprint density at radius 2 is 2.15 bits per heavy atom. The first-order chi connectivity index (χ1) is 9.31. The quantitative estimate of drug-likeness (QED) is 0.378. The largest absolute Gasteiger partial charge is 0.464 e. The van der Waals surface area contributed by atoms with Crippen LogP contribution in [0.2, 0.25) is 0 Å². The van der Waals surface area contributed by atoms with E-state index in [1.807, 2.05) is 0 Å². The van der Waals surface area contributed by atoms with Crippen molar-refractivity contribution in [3.63, 3.8) is 0 Å². The number of hydrogen-bond acceptors (Lipinski definition) is 7. The summed E-state index contributed by atoms with van der Waals surface area (Å²) in [7, 11) is 0. The maximum absolute atomic E-state index is 11.3. The maximum atomic E-state index is 11.3. The van der Waals surface area contributed by atoms with E-state index in [9.17, 15) is 29.9 Å². The molecule has 0 bridgehead atoms. The maximum Gasteiger partial charge on any atom is 0.338 e. The Morgan fingerprint density at radius 3 is 2.65 bits per heavy atom. The SMILES string of the molecule is CCOC(=O)C(O)C(O)c1c[nH]c(=O)c([N+](=O)[O-])c1C. The van der Waals surface area contributed by atoms with Crippen LogP contribution in [0.3, 0.4) is 0 Å². The molecule has 0 saturated carbocycles. The van der Waals surface area contributed by atoms with Gasteiger partial charge in [-0.2, -0.15) is 0 Å². The number of aliphatic hydroxyl groups is 2. The Balaban J connectivity index is 3.21. The molecule has 0 aromatic carbocycles. The first-order valence-corrected chi connectivity index (χ1v) is 5.70. The fraction of sp³-hybridized carbons (Fsp3) is 0.455. The van der Waals surface area contributed by atoms with Crippen LogP contribution in [0.15, 0.2) is 11.0 Å². The number of pyridine rings is 1. The number of rotatable bonds is 5. The molecule has 3 N–H and O–H groups in total. The van der Waals surface area contributed by atoms with Crippen LogP contribution in [0.1, 0.15) is 24.2 Å². The highest BCUT2D eigenvalue weighted by atomic mass is 16.6. The van der Waals surface area contributed by atoms with E-state index < -0.39 is 34.3 Å². The van der Waals surface area contributed by atoms with Crippen molar-refractivity contribution in [1.82, 2.24) is 4.98 Å². The summed E-state index contributed by atoms with van der Waals surface area (Å²) in [6, 6.07) is 0. The van der Waals surface area contributed by atoms with Gasteiger partial charge in [-0.15, -0.1) is 0 Å². The summed E-state index contributed by atoms with van der Waals surface area (Å²) in [4.78, 5) is 34.6. The van der Waals surface area contributed by atoms with Gasteiger partial charge in [0.25, 0.3) is 0 Å². The molecule has 0 saturated heterocycles. The molecule has 0 spiro atoms. The van der Waals surface area contributed by atoms with Crippen LogP contribution in [-0.2, 0) is 9.53 Å². The van der Waals surface area contributed by atoms with Gasteiger partial charge < -0.3 is 19.9 Å². The van der Waals surface area contributed by atoms with Gasteiger partial charge in [-0.25, -0.2) is 4.79 Å². The molecule has 2 unspecified atom stereocenters. The molecule has 0 radical (unpaired) electrons. The number of carbonyl (C=O) groups excluding carboxylic acids is 1. The predicted molar refractivity (Wildman–Crippen MR) is 66.1 cm³/mol. The molecule has 9 heteroatoms. The van der Waals surface area contributed by atoms with E-state index in [0.29, 0.717) is 0 Å². The summed E-state index contributed by atoms with van der Waals surface area (Å²) in [5.41, 5.74) is -1.95. The van der Waals surface area contributed by atoms with E-state index >= 15 is 0 Å². The molecule has 0 fully saturated rings. The molecule has 0 aliphatic heterocycles. The van der Waals surface area contributed by atoms with Gasteiger partial charge in [-0.3, -0.25) is 14.9 Å². The second-order valence-electron chi connectivity index (χ2n) is 3.95. The van der Waals surface area contributed by atoms with Crippen LogP contribution in [0, 0.1) is 17.0 Å². The van der Waals surface area contributed by atoms with Crippen LogP contribution in [0.4, 0.5) is 5.69 Å². The smallest absolute Gasteiger partial charge is 0.338 e. The number of carbonyl (C=O) groups is 1. The number of aromatic amines is 1. The van der Waals surface area contributed by atoms with E-state index in [1.165, 1.54) is 13.8 Å². The van der Waals surface area contributed by atoms with E-state index in [2.05, 4.69) is 9.72 Å². The molecule has 2 atom stereocenters. The van der Waals surface area contributed by atoms with Crippen LogP contribution >= 0.6 is 0 Å². The number of nitro groups is 1. The molecule has 0 aliphatic carbocycles. The third kappa shape index (κ3) is 3.00. The van der Waals surface area contributed by atoms with Gasteiger partial charge in [-0.1, -0.05) is 0 Å². The van der Waals surface area contributed by atoms with Crippen LogP contribution < -0.4 is 5.56 Å². The zero-order valence-corrected chi connectivity index (χ0v) is 10.8. The lowest BCUT2D eigenvalue weighted by molar-refractivity contribution is -0.387. The minimum absolute atomic E-state index is 0.00731. The molecule has 1 aromatic rings. The Hall–Kier alpha value is -2.26. The first-order valence-electron chi connectivity index (χ1n) is 5.70. The van der Waals surface area contributed by atoms with Gasteiger partial charge in [0.1, 0.15) is 6.10 Å². The lowest BCUT2D eigenvalue weighted by Gasteiger charge is -2.17. The lowest BCUT2D eigenvalue weighted by Crippen LogP contribution is -2.31. The molecule has 1 aromatic heterocycles. The topological polar surface area (TPSA) is 143 Å². The molecule has 1 rings (SSSR count). The van der Waals surface area contributed by atoms with Gasteiger partial charge in [0.05, 0.1) is 11.5 Å². The molecule has 20 heavy (non-hydrogen) atoms. The average Bonchev–Trinajstić information content (AvgIpc) is 2.37. The second kappa shape index (κ2) is 6.26. The number of aliphatic hydroxyl groups excluding tert-OH is 2. The Labute approximate surface area is 113 Å². The third-order valence-electron chi connectivity index (χ3n) is 2.69. The van der Waals surface area contributed by atoms with Crippen molar-refractivity contribution in [1.29, 1.82) is 0 Å². The van der Waals surface area contributed by atoms with Crippen molar-refractivity contribution in [3.05, 3.63) is 37.8 Å². The number of nitrogens with zero attached hydrogens (tertiary/aromatic N) is 1. The van der Waals surface area contributed by atoms with Gasteiger partial charge in [0.2, 0.25) is 0 Å². The Bertz CT molecular complexity index is 581. The van der Waals surface area contributed by atoms with Crippen molar-refractivity contribution in [2.45, 2.75) is 26.1 Å². The van der Waals surface area contributed by atoms with Crippen molar-refractivity contribution in [2.24, 2.45) is 0 Å². The Kier molecular flexibility index (Phi) is 4.94. The normalized spacial score (nSPS) is 13.6. The van der Waals surface area contributed by atoms with E-state index in [0.717, 1.165) is 6.20 Å². The highest BCUT2D eigenvalue weighted by Gasteiger charge is 2.31. The molecule has 0 aliphatic rings. The number of hydrogen-bond donors (Lipinski definition) is 3. The molecule has 9 nitrogen and oxygen atoms in total. The van der Waals surface area contributed by atoms with E-state index in [1.54, 1.807) is 0 Å². The Morgan fingerprint density at radius 1 is 1.55 bits per heavy atom. The number of ether oxygens (including phenoxy) is 1. The second-order valence-corrected chi connectivity index (χ2v) is 3.95. The lowest BCUT2D eigenvalue weighted by atomic mass is 10.0. The number of esters is 1. The molecule has 110 valence electrons. The summed E-state index contributed by atoms with van der Waals surface area (Å²) in [5.74, 6) is -1.06. The fourth-order valence-corrected chi connectivity index (χ4v) is 1.68. The van der Waals surface area contributed by atoms with Crippen molar-refractivity contribution >= 4 is 11.7 Å². The van der Waals surface area contributed by atoms with Crippen LogP contribution in [-0.4, -0.2) is 38.8 Å². The molecular weight excluding hydrogens is 272 g/mol. The van der Waals surface area contributed by atoms with Gasteiger partial charge in [-0.05, 0) is 13.8 Å². The van der Waals surface area contributed by atoms with Gasteiger partial charge in [0.15, 0.2) is 6.10 Å². The third-order valence-corrected chi connectivity index (χ3v) is 2.69. The minimum atomic E-state index is -1.90. The van der Waals surface area contributed by atoms with Crippen LogP contribution in [0.5, 0.6) is 0 Å². The van der Waals surface area contributed by atoms with E-state index in [-0.39, 0.29) is 17.7 Å². The molecular formula is C11H14N2O7. The van der Waals surface area contributed by atoms with Crippen molar-refractivity contribution in [3.8, 4) is 0 Å². The predicted octanol–water partition coefficient (Wildman–Crippen LogP) is -0.451. The summed E-state index contributed by atoms with van der Waals surface area (Å²) >= 11 is 0. The number of aromatic nitrogens is 1. The summed E-state index contributed by atoms with van der Waals surface area (Å²) < 4.78 is 4.53. The van der Waals surface area contributed by atoms with Gasteiger partial charge >= 0.3 is 17.2 Å². The monoisotopic (exact) mass is 286 g/mol. The van der Waals surface area contributed by atoms with E-state index in [4.69, 9.17) is 0 Å². The fourth-order valence-electron chi connectivity index (χ4n) is 1.68. The highest BCUT2D eigenvalue weighted by Crippen LogP contribution is 2.24. The number of nitrogens with one attached hydrogen (secondary N) is 1. The minimum Gasteiger partial charge on any atom is -0.464 e. The first kappa shape index (κ1) is 15.8. The summed E-state index contributed by atoms with van der Waals surface area (Å²) in [6.07, 6.45) is -2.64. The standard InChI is InChI=1S/C11H14N2O7/c1-3-20-11(17)9(15)8(14)6-4-12-10(16)7(5(6)2)13(18)19/h4,8-9,14-15H,3H2,1-2H3,(H,12,16). The zero-order valence-electron chi connectivity index (χ0n) is 10.8. The van der Waals surface area contributed by atoms with Crippen LogP contribution in [0.25, 0.3) is 0 Å². The van der Waals surface area contributed by atoms with Gasteiger partial charge in [0, 0.05) is 17.3 Å². The zero-order chi connectivity index (χ0) is 15.4. The molecule has 0 amide bonds. The van der Waals surface area contributed by atoms with Crippen molar-refractivity contribution in [2.75, 3.05) is 6.61 Å². The molecule has 1 heterocycles. The average molecular weight is 286 g/mol.